The van der Waals surface area contributed by atoms with Gasteiger partial charge in [0.2, 0.25) is 5.91 Å². The summed E-state index contributed by atoms with van der Waals surface area (Å²) in [6.07, 6.45) is 1.52. The summed E-state index contributed by atoms with van der Waals surface area (Å²) in [5.74, 6) is -1.02. The Morgan fingerprint density at radius 3 is 2.48 bits per heavy atom. The van der Waals surface area contributed by atoms with Gasteiger partial charge in [-0.3, -0.25) is 24.5 Å². The summed E-state index contributed by atoms with van der Waals surface area (Å²) < 4.78 is 5.24. The summed E-state index contributed by atoms with van der Waals surface area (Å²) in [6.45, 7) is 1.77. The number of esters is 1. The number of ether oxygens (including phenoxy) is 1. The number of hydrogen-bond donors (Lipinski definition) is 1. The van der Waals surface area contributed by atoms with Gasteiger partial charge < -0.3 is 4.74 Å². The molecule has 0 bridgehead atoms. The number of carbonyl (C=O) groups is 4. The molecular formula is C22H17N3O5S. The molecule has 1 fully saturated rings. The number of carbonyl (C=O) groups excluding carboxylic acids is 4. The summed E-state index contributed by atoms with van der Waals surface area (Å²) in [5.41, 5.74) is 2.51. The van der Waals surface area contributed by atoms with Gasteiger partial charge in [0.05, 0.1) is 23.4 Å². The van der Waals surface area contributed by atoms with Gasteiger partial charge in [-0.1, -0.05) is 42.1 Å². The number of amides is 3. The van der Waals surface area contributed by atoms with Crippen molar-refractivity contribution >= 4 is 52.3 Å². The number of rotatable bonds is 5. The molecule has 2 aromatic rings. The van der Waals surface area contributed by atoms with Crippen LogP contribution in [0.5, 0.6) is 5.75 Å². The largest absolute Gasteiger partial charge is 0.426 e. The van der Waals surface area contributed by atoms with E-state index in [0.29, 0.717) is 22.7 Å². The fourth-order valence-electron chi connectivity index (χ4n) is 3.08. The van der Waals surface area contributed by atoms with Crippen LogP contribution < -0.4 is 15.1 Å². The molecule has 31 heavy (non-hydrogen) atoms. The van der Waals surface area contributed by atoms with E-state index >= 15 is 0 Å². The van der Waals surface area contributed by atoms with Gasteiger partial charge in [-0.25, -0.2) is 0 Å². The molecule has 0 aromatic heterocycles. The molecule has 3 amide bonds. The molecule has 0 aliphatic carbocycles. The van der Waals surface area contributed by atoms with Crippen LogP contribution in [0, 0.1) is 0 Å². The first kappa shape index (κ1) is 20.5. The Morgan fingerprint density at radius 1 is 1.13 bits per heavy atom. The maximum atomic E-state index is 12.8. The average molecular weight is 435 g/mol. The standard InChI is InChI=1S/C22H17N3O5S/c1-13-17(21(28)25(24-13)15-5-3-2-4-6-15)11-14-7-9-16(10-8-14)30-19(26)12-18-20(27)23-22(29)31-18/h2-11,18H,12H2,1H3,(H,23,27,29). The number of anilines is 1. The van der Waals surface area contributed by atoms with Gasteiger partial charge in [-0.2, -0.15) is 10.1 Å². The summed E-state index contributed by atoms with van der Waals surface area (Å²) in [5, 5.41) is 6.59. The maximum Gasteiger partial charge on any atom is 0.312 e. The van der Waals surface area contributed by atoms with Crippen LogP contribution in [-0.2, 0) is 14.4 Å². The molecule has 156 valence electrons. The summed E-state index contributed by atoms with van der Waals surface area (Å²) in [7, 11) is 0. The molecule has 1 saturated heterocycles. The second-order valence-corrected chi connectivity index (χ2v) is 8.00. The lowest BCUT2D eigenvalue weighted by molar-refractivity contribution is -0.135. The van der Waals surface area contributed by atoms with Crippen molar-refractivity contribution in [1.29, 1.82) is 0 Å². The van der Waals surface area contributed by atoms with E-state index in [0.717, 1.165) is 17.3 Å². The van der Waals surface area contributed by atoms with Crippen LogP contribution >= 0.6 is 11.8 Å². The smallest absolute Gasteiger partial charge is 0.312 e. The lowest BCUT2D eigenvalue weighted by Crippen LogP contribution is -2.27. The number of nitrogens with zero attached hydrogens (tertiary/aromatic N) is 2. The molecule has 9 heteroatoms. The zero-order valence-corrected chi connectivity index (χ0v) is 17.2. The number of nitrogens with one attached hydrogen (secondary N) is 1. The second kappa shape index (κ2) is 8.57. The number of para-hydroxylation sites is 1. The molecule has 2 aromatic carbocycles. The first-order valence-electron chi connectivity index (χ1n) is 9.40. The Hall–Kier alpha value is -3.72. The van der Waals surface area contributed by atoms with Gasteiger partial charge in [0.15, 0.2) is 0 Å². The molecule has 1 N–H and O–H groups in total. The number of hydrazone groups is 1. The fourth-order valence-corrected chi connectivity index (χ4v) is 3.88. The fraction of sp³-hybridized carbons (Fsp3) is 0.136. The maximum absolute atomic E-state index is 12.8. The Labute approximate surface area is 181 Å². The van der Waals surface area contributed by atoms with Crippen LogP contribution in [-0.4, -0.2) is 34.0 Å². The van der Waals surface area contributed by atoms with Gasteiger partial charge in [-0.05, 0) is 42.8 Å². The predicted octanol–water partition coefficient (Wildman–Crippen LogP) is 3.14. The Balaban J connectivity index is 1.41. The van der Waals surface area contributed by atoms with Crippen LogP contribution in [0.4, 0.5) is 10.5 Å². The van der Waals surface area contributed by atoms with E-state index in [1.807, 2.05) is 30.3 Å². The molecule has 0 spiro atoms. The quantitative estimate of drug-likeness (QED) is 0.439. The molecule has 1 unspecified atom stereocenters. The van der Waals surface area contributed by atoms with E-state index in [1.54, 1.807) is 37.3 Å². The van der Waals surface area contributed by atoms with Crippen molar-refractivity contribution < 1.29 is 23.9 Å². The highest BCUT2D eigenvalue weighted by Gasteiger charge is 2.34. The lowest BCUT2D eigenvalue weighted by Gasteiger charge is -2.11. The van der Waals surface area contributed by atoms with Gasteiger partial charge in [0, 0.05) is 0 Å². The number of imide groups is 1. The van der Waals surface area contributed by atoms with Crippen LogP contribution in [0.15, 0.2) is 65.3 Å². The SMILES string of the molecule is CC1=NN(c2ccccc2)C(=O)C1=Cc1ccc(OC(=O)CC2SC(=O)NC2=O)cc1. The van der Waals surface area contributed by atoms with Gasteiger partial charge in [0.25, 0.3) is 11.1 Å². The number of benzene rings is 2. The summed E-state index contributed by atoms with van der Waals surface area (Å²) >= 11 is 0.776. The van der Waals surface area contributed by atoms with Crippen molar-refractivity contribution in [2.24, 2.45) is 5.10 Å². The highest BCUT2D eigenvalue weighted by molar-refractivity contribution is 8.15. The Kier molecular flexibility index (Phi) is 5.68. The highest BCUT2D eigenvalue weighted by atomic mass is 32.2. The topological polar surface area (TPSA) is 105 Å². The summed E-state index contributed by atoms with van der Waals surface area (Å²) in [4.78, 5) is 47.5. The molecule has 1 atom stereocenters. The van der Waals surface area contributed by atoms with Crippen LogP contribution in [0.25, 0.3) is 6.08 Å². The third-order valence-electron chi connectivity index (χ3n) is 4.61. The van der Waals surface area contributed by atoms with E-state index in [-0.39, 0.29) is 12.3 Å². The van der Waals surface area contributed by atoms with Gasteiger partial charge >= 0.3 is 5.97 Å². The van der Waals surface area contributed by atoms with Crippen LogP contribution in [0.3, 0.4) is 0 Å². The first-order valence-corrected chi connectivity index (χ1v) is 10.3. The third kappa shape index (κ3) is 4.56. The van der Waals surface area contributed by atoms with Crippen molar-refractivity contribution in [3.05, 3.63) is 65.7 Å². The minimum absolute atomic E-state index is 0.201. The molecule has 4 rings (SSSR count). The lowest BCUT2D eigenvalue weighted by atomic mass is 10.1. The average Bonchev–Trinajstić information content (AvgIpc) is 3.21. The highest BCUT2D eigenvalue weighted by Crippen LogP contribution is 2.26. The Bertz CT molecular complexity index is 1130. The molecule has 2 aliphatic rings. The second-order valence-electron chi connectivity index (χ2n) is 6.83. The zero-order chi connectivity index (χ0) is 22.0. The van der Waals surface area contributed by atoms with Crippen molar-refractivity contribution in [1.82, 2.24) is 5.32 Å². The van der Waals surface area contributed by atoms with E-state index in [1.165, 1.54) is 5.01 Å². The molecule has 0 saturated carbocycles. The van der Waals surface area contributed by atoms with Crippen LogP contribution in [0.2, 0.25) is 0 Å². The van der Waals surface area contributed by atoms with Crippen molar-refractivity contribution in [2.75, 3.05) is 5.01 Å². The van der Waals surface area contributed by atoms with E-state index < -0.39 is 22.4 Å². The molecule has 0 radical (unpaired) electrons. The van der Waals surface area contributed by atoms with E-state index in [9.17, 15) is 19.2 Å². The molecule has 8 nitrogen and oxygen atoms in total. The van der Waals surface area contributed by atoms with E-state index in [4.69, 9.17) is 4.74 Å². The minimum Gasteiger partial charge on any atom is -0.426 e. The predicted molar refractivity (Wildman–Crippen MR) is 117 cm³/mol. The zero-order valence-electron chi connectivity index (χ0n) is 16.4. The van der Waals surface area contributed by atoms with Crippen molar-refractivity contribution in [2.45, 2.75) is 18.6 Å². The Morgan fingerprint density at radius 2 is 1.84 bits per heavy atom. The first-order chi connectivity index (χ1) is 14.9. The summed E-state index contributed by atoms with van der Waals surface area (Å²) in [6, 6.07) is 15.8. The van der Waals surface area contributed by atoms with Gasteiger partial charge in [0.1, 0.15) is 11.0 Å². The number of hydrogen-bond acceptors (Lipinski definition) is 7. The third-order valence-corrected chi connectivity index (χ3v) is 5.59. The monoisotopic (exact) mass is 435 g/mol. The van der Waals surface area contributed by atoms with Crippen molar-refractivity contribution in [3.8, 4) is 5.75 Å². The molecular weight excluding hydrogens is 418 g/mol. The number of thioether (sulfide) groups is 1. The normalized spacial score (nSPS) is 19.6. The minimum atomic E-state index is -0.771. The van der Waals surface area contributed by atoms with Crippen molar-refractivity contribution in [3.63, 3.8) is 0 Å². The van der Waals surface area contributed by atoms with E-state index in [2.05, 4.69) is 10.4 Å². The van der Waals surface area contributed by atoms with Gasteiger partial charge in [-0.15, -0.1) is 0 Å². The van der Waals surface area contributed by atoms with Crippen LogP contribution in [0.1, 0.15) is 18.9 Å². The molecule has 2 aliphatic heterocycles. The molecule has 2 heterocycles.